The molecule has 0 aromatic heterocycles. The van der Waals surface area contributed by atoms with Crippen LogP contribution in [0.4, 0.5) is 5.69 Å². The van der Waals surface area contributed by atoms with Gasteiger partial charge in [0.25, 0.3) is 0 Å². The quantitative estimate of drug-likeness (QED) is 0.864. The van der Waals surface area contributed by atoms with Gasteiger partial charge < -0.3 is 15.0 Å². The molecule has 0 bridgehead atoms. The van der Waals surface area contributed by atoms with E-state index in [9.17, 15) is 10.1 Å². The fraction of sp³-hybridized carbons (Fsp3) is 0.438. The lowest BCUT2D eigenvalue weighted by molar-refractivity contribution is -0.135. The summed E-state index contributed by atoms with van der Waals surface area (Å²) in [6, 6.07) is 7.91. The third-order valence-corrected chi connectivity index (χ3v) is 3.94. The van der Waals surface area contributed by atoms with Crippen molar-refractivity contribution in [2.75, 3.05) is 31.6 Å². The highest BCUT2D eigenvalue weighted by Crippen LogP contribution is 2.18. The summed E-state index contributed by atoms with van der Waals surface area (Å²) in [5.41, 5.74) is 3.00. The Labute approximate surface area is 135 Å². The van der Waals surface area contributed by atoms with Gasteiger partial charge in [0.15, 0.2) is 5.92 Å². The maximum absolute atomic E-state index is 12.4. The third-order valence-electron chi connectivity index (χ3n) is 3.60. The van der Waals surface area contributed by atoms with Crippen molar-refractivity contribution < 1.29 is 9.53 Å². The number of amides is 1. The Morgan fingerprint density at radius 2 is 2.09 bits per heavy atom. The van der Waals surface area contributed by atoms with Gasteiger partial charge in [-0.3, -0.25) is 4.79 Å². The van der Waals surface area contributed by atoms with Gasteiger partial charge in [0, 0.05) is 18.8 Å². The molecule has 1 amide bonds. The van der Waals surface area contributed by atoms with Crippen LogP contribution in [0.25, 0.3) is 0 Å². The highest BCUT2D eigenvalue weighted by Gasteiger charge is 2.29. The van der Waals surface area contributed by atoms with Crippen LogP contribution in [0.15, 0.2) is 18.2 Å². The van der Waals surface area contributed by atoms with Gasteiger partial charge in [-0.1, -0.05) is 29.9 Å². The number of carbonyl (C=O) groups excluding carboxylic acids is 1. The molecule has 1 saturated heterocycles. The molecule has 0 unspecified atom stereocenters. The monoisotopic (exact) mass is 317 g/mol. The normalized spacial score (nSPS) is 15.8. The van der Waals surface area contributed by atoms with Crippen molar-refractivity contribution in [2.24, 2.45) is 5.92 Å². The summed E-state index contributed by atoms with van der Waals surface area (Å²) in [5.74, 6) is -1.22. The van der Waals surface area contributed by atoms with E-state index in [4.69, 9.17) is 17.0 Å². The van der Waals surface area contributed by atoms with Crippen LogP contribution in [-0.4, -0.2) is 42.1 Å². The molecule has 0 spiro atoms. The molecule has 1 atom stereocenters. The van der Waals surface area contributed by atoms with E-state index in [0.717, 1.165) is 16.8 Å². The molecular weight excluding hydrogens is 298 g/mol. The highest BCUT2D eigenvalue weighted by molar-refractivity contribution is 7.80. The van der Waals surface area contributed by atoms with Crippen molar-refractivity contribution in [3.8, 4) is 6.07 Å². The largest absolute Gasteiger partial charge is 0.378 e. The summed E-state index contributed by atoms with van der Waals surface area (Å²) in [5, 5.41) is 12.4. The van der Waals surface area contributed by atoms with Crippen molar-refractivity contribution in [1.29, 1.82) is 5.26 Å². The number of nitrogens with zero attached hydrogens (tertiary/aromatic N) is 2. The van der Waals surface area contributed by atoms with Gasteiger partial charge in [-0.05, 0) is 25.5 Å². The summed E-state index contributed by atoms with van der Waals surface area (Å²) in [6.07, 6.45) is 0. The molecule has 0 aliphatic carbocycles. The van der Waals surface area contributed by atoms with Crippen LogP contribution in [0.1, 0.15) is 11.1 Å². The zero-order valence-corrected chi connectivity index (χ0v) is 13.6. The van der Waals surface area contributed by atoms with Crippen LogP contribution >= 0.6 is 12.2 Å². The lowest BCUT2D eigenvalue weighted by Gasteiger charge is -2.28. The highest BCUT2D eigenvalue weighted by atomic mass is 32.1. The maximum atomic E-state index is 12.4. The number of thiocarbonyl (C=S) groups is 1. The van der Waals surface area contributed by atoms with Gasteiger partial charge >= 0.3 is 0 Å². The van der Waals surface area contributed by atoms with Gasteiger partial charge in [-0.25, -0.2) is 0 Å². The average molecular weight is 317 g/mol. The minimum absolute atomic E-state index is 0.242. The molecule has 1 aliphatic rings. The smallest absolute Gasteiger partial charge is 0.247 e. The number of ether oxygens (including phenoxy) is 1. The number of rotatable bonds is 3. The minimum Gasteiger partial charge on any atom is -0.378 e. The lowest BCUT2D eigenvalue weighted by Crippen LogP contribution is -2.46. The van der Waals surface area contributed by atoms with E-state index in [0.29, 0.717) is 26.3 Å². The van der Waals surface area contributed by atoms with Crippen molar-refractivity contribution in [3.05, 3.63) is 29.3 Å². The van der Waals surface area contributed by atoms with Crippen LogP contribution in [-0.2, 0) is 9.53 Å². The second-order valence-corrected chi connectivity index (χ2v) is 5.75. The first kappa shape index (κ1) is 16.4. The molecule has 5 nitrogen and oxygen atoms in total. The Bertz CT molecular complexity index is 618. The number of morpholine rings is 1. The molecule has 22 heavy (non-hydrogen) atoms. The second-order valence-electron chi connectivity index (χ2n) is 5.31. The van der Waals surface area contributed by atoms with Crippen LogP contribution < -0.4 is 5.32 Å². The SMILES string of the molecule is Cc1ccc(NC(=S)[C@H](C#N)C(=O)N2CCOCC2)c(C)c1. The van der Waals surface area contributed by atoms with Crippen LogP contribution in [0.3, 0.4) is 0 Å². The van der Waals surface area contributed by atoms with Gasteiger partial charge in [-0.2, -0.15) is 5.26 Å². The third kappa shape index (κ3) is 3.81. The predicted octanol–water partition coefficient (Wildman–Crippen LogP) is 2.04. The summed E-state index contributed by atoms with van der Waals surface area (Å²) in [4.78, 5) is 14.3. The molecule has 1 aliphatic heterocycles. The van der Waals surface area contributed by atoms with Gasteiger partial charge in [0.2, 0.25) is 5.91 Å². The van der Waals surface area contributed by atoms with Crippen molar-refractivity contribution in [3.63, 3.8) is 0 Å². The first-order valence-corrected chi connectivity index (χ1v) is 7.58. The Balaban J connectivity index is 2.08. The molecule has 116 valence electrons. The predicted molar refractivity (Wildman–Crippen MR) is 88.6 cm³/mol. The lowest BCUT2D eigenvalue weighted by atomic mass is 10.1. The van der Waals surface area contributed by atoms with Gasteiger partial charge in [0.05, 0.1) is 19.3 Å². The van der Waals surface area contributed by atoms with E-state index < -0.39 is 5.92 Å². The average Bonchev–Trinajstić information content (AvgIpc) is 2.51. The van der Waals surface area contributed by atoms with Gasteiger partial charge in [0.1, 0.15) is 4.99 Å². The Kier molecular flexibility index (Phi) is 5.47. The summed E-state index contributed by atoms with van der Waals surface area (Å²) in [6.45, 7) is 5.98. The van der Waals surface area contributed by atoms with Gasteiger partial charge in [-0.15, -0.1) is 0 Å². The van der Waals surface area contributed by atoms with Crippen LogP contribution in [0.2, 0.25) is 0 Å². The fourth-order valence-corrected chi connectivity index (χ4v) is 2.61. The summed E-state index contributed by atoms with van der Waals surface area (Å²) in [7, 11) is 0. The van der Waals surface area contributed by atoms with Crippen molar-refractivity contribution >= 4 is 28.8 Å². The number of nitrogens with one attached hydrogen (secondary N) is 1. The summed E-state index contributed by atoms with van der Waals surface area (Å²) < 4.78 is 5.22. The molecule has 1 heterocycles. The van der Waals surface area contributed by atoms with E-state index in [1.165, 1.54) is 0 Å². The van der Waals surface area contributed by atoms with E-state index in [2.05, 4.69) is 5.32 Å². The molecule has 0 radical (unpaired) electrons. The minimum atomic E-state index is -0.964. The standard InChI is InChI=1S/C16H19N3O2S/c1-11-3-4-14(12(2)9-11)18-15(22)13(10-17)16(20)19-5-7-21-8-6-19/h3-4,9,13H,5-8H2,1-2H3,(H,18,22)/t13-/m0/s1. The second kappa shape index (κ2) is 7.34. The Morgan fingerprint density at radius 3 is 2.68 bits per heavy atom. The van der Waals surface area contributed by atoms with Crippen LogP contribution in [0, 0.1) is 31.1 Å². The molecule has 1 aromatic carbocycles. The van der Waals surface area contributed by atoms with E-state index in [1.54, 1.807) is 4.90 Å². The number of hydrogen-bond acceptors (Lipinski definition) is 4. The number of hydrogen-bond donors (Lipinski definition) is 1. The van der Waals surface area contributed by atoms with E-state index in [-0.39, 0.29) is 10.9 Å². The number of aryl methyl sites for hydroxylation is 2. The van der Waals surface area contributed by atoms with Crippen molar-refractivity contribution in [2.45, 2.75) is 13.8 Å². The number of nitriles is 1. The molecule has 1 N–H and O–H groups in total. The number of anilines is 1. The summed E-state index contributed by atoms with van der Waals surface area (Å²) >= 11 is 5.28. The molecule has 0 saturated carbocycles. The van der Waals surface area contributed by atoms with Crippen LogP contribution in [0.5, 0.6) is 0 Å². The maximum Gasteiger partial charge on any atom is 0.247 e. The molecule has 1 fully saturated rings. The topological polar surface area (TPSA) is 65.4 Å². The molecular formula is C16H19N3O2S. The zero-order valence-electron chi connectivity index (χ0n) is 12.8. The first-order chi connectivity index (χ1) is 10.5. The fourth-order valence-electron chi connectivity index (χ4n) is 2.35. The number of carbonyl (C=O) groups is 1. The molecule has 6 heteroatoms. The first-order valence-electron chi connectivity index (χ1n) is 7.17. The molecule has 1 aromatic rings. The Hall–Kier alpha value is -1.97. The number of benzene rings is 1. The van der Waals surface area contributed by atoms with E-state index >= 15 is 0 Å². The molecule has 2 rings (SSSR count). The van der Waals surface area contributed by atoms with E-state index in [1.807, 2.05) is 38.1 Å². The zero-order chi connectivity index (χ0) is 16.1. The van der Waals surface area contributed by atoms with Crippen molar-refractivity contribution in [1.82, 2.24) is 4.90 Å². The Morgan fingerprint density at radius 1 is 1.41 bits per heavy atom.